The fourth-order valence-electron chi connectivity index (χ4n) is 3.15. The highest BCUT2D eigenvalue weighted by molar-refractivity contribution is 8.00. The van der Waals surface area contributed by atoms with Gasteiger partial charge in [0.2, 0.25) is 5.91 Å². The lowest BCUT2D eigenvalue weighted by Crippen LogP contribution is -2.47. The van der Waals surface area contributed by atoms with Gasteiger partial charge in [-0.05, 0) is 44.3 Å². The van der Waals surface area contributed by atoms with Gasteiger partial charge in [-0.15, -0.1) is 11.8 Å². The lowest BCUT2D eigenvalue weighted by atomic mass is 10.0. The summed E-state index contributed by atoms with van der Waals surface area (Å²) in [4.78, 5) is 14.7. The highest BCUT2D eigenvalue weighted by Gasteiger charge is 2.25. The van der Waals surface area contributed by atoms with Crippen molar-refractivity contribution in [2.24, 2.45) is 5.92 Å². The number of piperidine rings is 1. The van der Waals surface area contributed by atoms with Crippen molar-refractivity contribution in [2.45, 2.75) is 57.2 Å². The molecule has 1 amide bonds. The molecule has 0 saturated carbocycles. The molecule has 0 aromatic rings. The third-order valence-corrected chi connectivity index (χ3v) is 5.95. The molecule has 2 aliphatic heterocycles. The van der Waals surface area contributed by atoms with Gasteiger partial charge in [-0.25, -0.2) is 0 Å². The molecule has 2 fully saturated rings. The van der Waals surface area contributed by atoms with E-state index in [0.29, 0.717) is 6.04 Å². The molecular formula is C17H32N2O2S. The van der Waals surface area contributed by atoms with Crippen molar-refractivity contribution in [1.82, 2.24) is 10.2 Å². The van der Waals surface area contributed by atoms with Crippen molar-refractivity contribution in [3.05, 3.63) is 0 Å². The number of thioether (sulfide) groups is 1. The van der Waals surface area contributed by atoms with Gasteiger partial charge in [0.05, 0.1) is 11.9 Å². The first kappa shape index (κ1) is 18.1. The SMILES string of the molecule is CCCCS[C@H](C)C(=O)NC1CCN(C[C@H]2CCOC2)CC1. The van der Waals surface area contributed by atoms with E-state index >= 15 is 0 Å². The molecular weight excluding hydrogens is 296 g/mol. The van der Waals surface area contributed by atoms with Crippen LogP contribution in [0.15, 0.2) is 0 Å². The monoisotopic (exact) mass is 328 g/mol. The van der Waals surface area contributed by atoms with Crippen LogP contribution in [-0.2, 0) is 9.53 Å². The molecule has 2 rings (SSSR count). The zero-order valence-electron chi connectivity index (χ0n) is 14.2. The van der Waals surface area contributed by atoms with Gasteiger partial charge in [0.1, 0.15) is 0 Å². The van der Waals surface area contributed by atoms with Crippen LogP contribution in [0.1, 0.15) is 46.0 Å². The Morgan fingerprint density at radius 3 is 2.77 bits per heavy atom. The zero-order valence-corrected chi connectivity index (χ0v) is 15.0. The Labute approximate surface area is 139 Å². The maximum absolute atomic E-state index is 12.2. The molecule has 2 aliphatic rings. The Balaban J connectivity index is 1.60. The molecule has 0 aromatic heterocycles. The van der Waals surface area contributed by atoms with Crippen molar-refractivity contribution in [3.8, 4) is 0 Å². The maximum atomic E-state index is 12.2. The first-order chi connectivity index (χ1) is 10.7. The highest BCUT2D eigenvalue weighted by atomic mass is 32.2. The second-order valence-electron chi connectivity index (χ2n) is 6.68. The highest BCUT2D eigenvalue weighted by Crippen LogP contribution is 2.18. The summed E-state index contributed by atoms with van der Waals surface area (Å²) < 4.78 is 5.45. The molecule has 5 heteroatoms. The smallest absolute Gasteiger partial charge is 0.233 e. The van der Waals surface area contributed by atoms with Crippen LogP contribution in [-0.4, -0.2) is 60.7 Å². The van der Waals surface area contributed by atoms with Gasteiger partial charge >= 0.3 is 0 Å². The summed E-state index contributed by atoms with van der Waals surface area (Å²) in [6, 6.07) is 0.373. The first-order valence-electron chi connectivity index (χ1n) is 8.91. The predicted octanol–water partition coefficient (Wildman–Crippen LogP) is 2.53. The van der Waals surface area contributed by atoms with Crippen molar-refractivity contribution in [3.63, 3.8) is 0 Å². The van der Waals surface area contributed by atoms with Crippen LogP contribution in [0.2, 0.25) is 0 Å². The molecule has 2 atom stereocenters. The number of unbranched alkanes of at least 4 members (excludes halogenated alkanes) is 1. The number of rotatable bonds is 8. The number of amides is 1. The summed E-state index contributed by atoms with van der Waals surface area (Å²) in [5.74, 6) is 2.04. The quantitative estimate of drug-likeness (QED) is 0.695. The minimum atomic E-state index is 0.0835. The summed E-state index contributed by atoms with van der Waals surface area (Å²) in [6.07, 6.45) is 5.79. The van der Waals surface area contributed by atoms with Crippen LogP contribution >= 0.6 is 11.8 Å². The van der Waals surface area contributed by atoms with E-state index in [-0.39, 0.29) is 11.2 Å². The van der Waals surface area contributed by atoms with Crippen LogP contribution in [0.3, 0.4) is 0 Å². The average molecular weight is 329 g/mol. The summed E-state index contributed by atoms with van der Waals surface area (Å²) >= 11 is 1.78. The zero-order chi connectivity index (χ0) is 15.8. The molecule has 22 heavy (non-hydrogen) atoms. The molecule has 0 aromatic carbocycles. The number of ether oxygens (including phenoxy) is 1. The molecule has 1 N–H and O–H groups in total. The lowest BCUT2D eigenvalue weighted by Gasteiger charge is -2.34. The average Bonchev–Trinajstić information content (AvgIpc) is 3.02. The van der Waals surface area contributed by atoms with E-state index < -0.39 is 0 Å². The normalized spacial score (nSPS) is 25.3. The Morgan fingerprint density at radius 2 is 2.14 bits per heavy atom. The fourth-order valence-corrected chi connectivity index (χ4v) is 4.18. The lowest BCUT2D eigenvalue weighted by molar-refractivity contribution is -0.121. The van der Waals surface area contributed by atoms with Gasteiger partial charge < -0.3 is 15.0 Å². The molecule has 0 radical (unpaired) electrons. The van der Waals surface area contributed by atoms with E-state index in [1.54, 1.807) is 11.8 Å². The summed E-state index contributed by atoms with van der Waals surface area (Å²) in [5.41, 5.74) is 0. The summed E-state index contributed by atoms with van der Waals surface area (Å²) in [6.45, 7) is 9.48. The van der Waals surface area contributed by atoms with Gasteiger partial charge in [-0.1, -0.05) is 13.3 Å². The van der Waals surface area contributed by atoms with E-state index in [1.165, 1.54) is 25.8 Å². The van der Waals surface area contributed by atoms with E-state index in [4.69, 9.17) is 4.74 Å². The largest absolute Gasteiger partial charge is 0.381 e. The second kappa shape index (κ2) is 9.78. The Kier molecular flexibility index (Phi) is 8.04. The van der Waals surface area contributed by atoms with E-state index in [9.17, 15) is 4.79 Å². The number of carbonyl (C=O) groups excluding carboxylic acids is 1. The molecule has 128 valence electrons. The van der Waals surface area contributed by atoms with Gasteiger partial charge in [0, 0.05) is 32.3 Å². The predicted molar refractivity (Wildman–Crippen MR) is 93.4 cm³/mol. The van der Waals surface area contributed by atoms with Crippen LogP contribution in [0.5, 0.6) is 0 Å². The van der Waals surface area contributed by atoms with Crippen molar-refractivity contribution in [2.75, 3.05) is 38.6 Å². The second-order valence-corrected chi connectivity index (χ2v) is 8.13. The van der Waals surface area contributed by atoms with E-state index in [1.807, 2.05) is 6.92 Å². The molecule has 0 spiro atoms. The number of hydrogen-bond donors (Lipinski definition) is 1. The third-order valence-electron chi connectivity index (χ3n) is 4.71. The van der Waals surface area contributed by atoms with E-state index in [0.717, 1.165) is 50.8 Å². The number of likely N-dealkylation sites (tertiary alicyclic amines) is 1. The number of carbonyl (C=O) groups is 1. The van der Waals surface area contributed by atoms with Crippen molar-refractivity contribution >= 4 is 17.7 Å². The Hall–Kier alpha value is -0.260. The number of nitrogens with one attached hydrogen (secondary N) is 1. The summed E-state index contributed by atoms with van der Waals surface area (Å²) in [7, 11) is 0. The molecule has 2 heterocycles. The van der Waals surface area contributed by atoms with Crippen LogP contribution < -0.4 is 5.32 Å². The molecule has 0 bridgehead atoms. The van der Waals surface area contributed by atoms with Gasteiger partial charge in [0.15, 0.2) is 0 Å². The van der Waals surface area contributed by atoms with Crippen LogP contribution in [0.25, 0.3) is 0 Å². The first-order valence-corrected chi connectivity index (χ1v) is 9.96. The maximum Gasteiger partial charge on any atom is 0.233 e. The third kappa shape index (κ3) is 6.09. The van der Waals surface area contributed by atoms with Gasteiger partial charge in [-0.2, -0.15) is 0 Å². The fraction of sp³-hybridized carbons (Fsp3) is 0.941. The minimum Gasteiger partial charge on any atom is -0.381 e. The standard InChI is InChI=1S/C17H32N2O2S/c1-3-4-11-22-14(2)17(20)18-16-5-8-19(9-6-16)12-15-7-10-21-13-15/h14-16H,3-13H2,1-2H3,(H,18,20)/t14-,15-/m1/s1. The molecule has 0 unspecified atom stereocenters. The topological polar surface area (TPSA) is 41.6 Å². The molecule has 4 nitrogen and oxygen atoms in total. The number of hydrogen-bond acceptors (Lipinski definition) is 4. The Morgan fingerprint density at radius 1 is 1.36 bits per heavy atom. The van der Waals surface area contributed by atoms with Crippen LogP contribution in [0.4, 0.5) is 0 Å². The minimum absolute atomic E-state index is 0.0835. The molecule has 2 saturated heterocycles. The van der Waals surface area contributed by atoms with E-state index in [2.05, 4.69) is 17.1 Å². The van der Waals surface area contributed by atoms with Crippen molar-refractivity contribution in [1.29, 1.82) is 0 Å². The molecule has 0 aliphatic carbocycles. The van der Waals surface area contributed by atoms with Crippen LogP contribution in [0, 0.1) is 5.92 Å². The number of nitrogens with zero attached hydrogens (tertiary/aromatic N) is 1. The van der Waals surface area contributed by atoms with Gasteiger partial charge in [-0.3, -0.25) is 4.79 Å². The Bertz CT molecular complexity index is 327. The van der Waals surface area contributed by atoms with Gasteiger partial charge in [0.25, 0.3) is 0 Å². The summed E-state index contributed by atoms with van der Waals surface area (Å²) in [5, 5.41) is 3.33. The van der Waals surface area contributed by atoms with Crippen molar-refractivity contribution < 1.29 is 9.53 Å².